The summed E-state index contributed by atoms with van der Waals surface area (Å²) in [7, 11) is 0. The van der Waals surface area contributed by atoms with E-state index in [1.165, 1.54) is 23.0 Å². The van der Waals surface area contributed by atoms with Crippen LogP contribution in [-0.2, 0) is 6.42 Å². The van der Waals surface area contributed by atoms with Gasteiger partial charge in [-0.05, 0) is 48.9 Å². The first-order chi connectivity index (χ1) is 11.6. The van der Waals surface area contributed by atoms with Crippen LogP contribution in [0.2, 0.25) is 0 Å². The molecule has 0 aliphatic rings. The monoisotopic (exact) mass is 324 g/mol. The van der Waals surface area contributed by atoms with Crippen molar-refractivity contribution in [2.75, 3.05) is 12.3 Å². The lowest BCUT2D eigenvalue weighted by Crippen LogP contribution is -2.08. The minimum Gasteiger partial charge on any atom is -0.383 e. The van der Waals surface area contributed by atoms with Crippen molar-refractivity contribution in [3.8, 4) is 5.69 Å². The van der Waals surface area contributed by atoms with Crippen LogP contribution >= 0.6 is 0 Å². The summed E-state index contributed by atoms with van der Waals surface area (Å²) in [6.07, 6.45) is 2.13. The highest BCUT2D eigenvalue weighted by atomic mass is 19.1. The Bertz CT molecular complexity index is 871. The van der Waals surface area contributed by atoms with Crippen LogP contribution in [0.1, 0.15) is 21.5 Å². The van der Waals surface area contributed by atoms with Gasteiger partial charge in [-0.15, -0.1) is 0 Å². The van der Waals surface area contributed by atoms with Gasteiger partial charge >= 0.3 is 0 Å². The van der Waals surface area contributed by atoms with Crippen LogP contribution in [0.25, 0.3) is 5.69 Å². The van der Waals surface area contributed by atoms with Crippen LogP contribution in [0.15, 0.2) is 54.7 Å². The second kappa shape index (κ2) is 6.64. The van der Waals surface area contributed by atoms with Gasteiger partial charge in [0, 0.05) is 5.56 Å². The van der Waals surface area contributed by atoms with E-state index in [2.05, 4.69) is 5.10 Å². The van der Waals surface area contributed by atoms with E-state index in [1.54, 1.807) is 18.2 Å². The molecule has 3 aromatic rings. The highest BCUT2D eigenvalue weighted by molar-refractivity contribution is 6.11. The molecule has 0 saturated heterocycles. The molecule has 0 radical (unpaired) electrons. The molecule has 4 N–H and O–H groups in total. The van der Waals surface area contributed by atoms with Crippen molar-refractivity contribution in [1.29, 1.82) is 0 Å². The van der Waals surface area contributed by atoms with Crippen LogP contribution in [0, 0.1) is 5.82 Å². The van der Waals surface area contributed by atoms with Crippen molar-refractivity contribution in [2.24, 2.45) is 5.73 Å². The highest BCUT2D eigenvalue weighted by Crippen LogP contribution is 2.21. The van der Waals surface area contributed by atoms with E-state index in [0.717, 1.165) is 5.56 Å². The number of ketones is 1. The van der Waals surface area contributed by atoms with Crippen molar-refractivity contribution < 1.29 is 9.18 Å². The maximum absolute atomic E-state index is 13.0. The van der Waals surface area contributed by atoms with Crippen LogP contribution in [0.4, 0.5) is 10.2 Å². The Hall–Kier alpha value is -2.99. The summed E-state index contributed by atoms with van der Waals surface area (Å²) in [6.45, 7) is 0.516. The molecule has 0 atom stereocenters. The van der Waals surface area contributed by atoms with Crippen LogP contribution in [0.3, 0.4) is 0 Å². The molecule has 0 bridgehead atoms. The first-order valence-electron chi connectivity index (χ1n) is 7.53. The van der Waals surface area contributed by atoms with Gasteiger partial charge in [-0.1, -0.05) is 18.2 Å². The number of hydrogen-bond acceptors (Lipinski definition) is 4. The molecule has 0 aliphatic carbocycles. The van der Waals surface area contributed by atoms with Gasteiger partial charge in [0.05, 0.1) is 17.4 Å². The lowest BCUT2D eigenvalue weighted by atomic mass is 10.0. The number of benzene rings is 2. The predicted molar refractivity (Wildman–Crippen MR) is 90.6 cm³/mol. The van der Waals surface area contributed by atoms with E-state index in [4.69, 9.17) is 11.5 Å². The number of nitrogen functional groups attached to an aromatic ring is 1. The van der Waals surface area contributed by atoms with Gasteiger partial charge in [-0.3, -0.25) is 4.79 Å². The van der Waals surface area contributed by atoms with E-state index in [0.29, 0.717) is 29.8 Å². The molecule has 0 aliphatic heterocycles. The quantitative estimate of drug-likeness (QED) is 0.705. The van der Waals surface area contributed by atoms with Gasteiger partial charge in [0.15, 0.2) is 5.78 Å². The van der Waals surface area contributed by atoms with Crippen LogP contribution in [-0.4, -0.2) is 22.1 Å². The molecule has 2 aromatic carbocycles. The minimum absolute atomic E-state index is 0.209. The molecule has 1 heterocycles. The van der Waals surface area contributed by atoms with Crippen LogP contribution in [0.5, 0.6) is 0 Å². The Morgan fingerprint density at radius 2 is 1.92 bits per heavy atom. The Balaban J connectivity index is 1.94. The standard InChI is InChI=1S/C18H17FN4O/c19-14-4-6-15(7-5-14)23-18(21)16(11-22-23)17(24)13-3-1-2-12(10-13)8-9-20/h1-7,10-11H,8-9,20-21H2. The molecule has 1 aromatic heterocycles. The highest BCUT2D eigenvalue weighted by Gasteiger charge is 2.18. The summed E-state index contributed by atoms with van der Waals surface area (Å²) in [5, 5.41) is 4.15. The fourth-order valence-corrected chi connectivity index (χ4v) is 2.51. The third-order valence-corrected chi connectivity index (χ3v) is 3.74. The molecule has 24 heavy (non-hydrogen) atoms. The SMILES string of the molecule is NCCc1cccc(C(=O)c2cnn(-c3ccc(F)cc3)c2N)c1. The molecule has 0 unspecified atom stereocenters. The Morgan fingerprint density at radius 3 is 2.62 bits per heavy atom. The Kier molecular flexibility index (Phi) is 4.39. The third-order valence-electron chi connectivity index (χ3n) is 3.74. The van der Waals surface area contributed by atoms with Gasteiger partial charge < -0.3 is 11.5 Å². The number of hydrogen-bond donors (Lipinski definition) is 2. The van der Waals surface area contributed by atoms with E-state index in [9.17, 15) is 9.18 Å². The first-order valence-corrected chi connectivity index (χ1v) is 7.53. The fourth-order valence-electron chi connectivity index (χ4n) is 2.51. The van der Waals surface area contributed by atoms with Crippen molar-refractivity contribution in [3.05, 3.63) is 77.2 Å². The number of nitrogens with zero attached hydrogens (tertiary/aromatic N) is 2. The lowest BCUT2D eigenvalue weighted by Gasteiger charge is -2.06. The van der Waals surface area contributed by atoms with Gasteiger partial charge in [0.2, 0.25) is 0 Å². The normalized spacial score (nSPS) is 10.8. The molecule has 0 amide bonds. The predicted octanol–water partition coefficient (Wildman–Crippen LogP) is 2.33. The van der Waals surface area contributed by atoms with Crippen molar-refractivity contribution in [3.63, 3.8) is 0 Å². The van der Waals surface area contributed by atoms with Crippen LogP contribution < -0.4 is 11.5 Å². The lowest BCUT2D eigenvalue weighted by molar-refractivity contribution is 0.103. The van der Waals surface area contributed by atoms with Gasteiger partial charge in [0.1, 0.15) is 11.6 Å². The summed E-state index contributed by atoms with van der Waals surface area (Å²) in [5.41, 5.74) is 14.1. The van der Waals surface area contributed by atoms with Crippen molar-refractivity contribution in [1.82, 2.24) is 9.78 Å². The zero-order valence-electron chi connectivity index (χ0n) is 12.9. The summed E-state index contributed by atoms with van der Waals surface area (Å²) in [4.78, 5) is 12.7. The maximum Gasteiger partial charge on any atom is 0.198 e. The summed E-state index contributed by atoms with van der Waals surface area (Å²) < 4.78 is 14.4. The molecule has 5 nitrogen and oxygen atoms in total. The molecule has 0 spiro atoms. The molecule has 0 saturated carbocycles. The molecule has 0 fully saturated rings. The van der Waals surface area contributed by atoms with Crippen molar-refractivity contribution in [2.45, 2.75) is 6.42 Å². The third kappa shape index (κ3) is 3.04. The number of nitrogens with two attached hydrogens (primary N) is 2. The maximum atomic E-state index is 13.0. The number of aromatic nitrogens is 2. The van der Waals surface area contributed by atoms with Gasteiger partial charge in [-0.2, -0.15) is 5.10 Å². The van der Waals surface area contributed by atoms with E-state index in [1.807, 2.05) is 18.2 Å². The molecular formula is C18H17FN4O. The number of rotatable bonds is 5. The molecule has 3 rings (SSSR count). The molecule has 122 valence electrons. The number of carbonyl (C=O) groups excluding carboxylic acids is 1. The van der Waals surface area contributed by atoms with Gasteiger partial charge in [-0.25, -0.2) is 9.07 Å². The summed E-state index contributed by atoms with van der Waals surface area (Å²) in [6, 6.07) is 13.0. The fraction of sp³-hybridized carbons (Fsp3) is 0.111. The summed E-state index contributed by atoms with van der Waals surface area (Å²) >= 11 is 0. The van der Waals surface area contributed by atoms with E-state index in [-0.39, 0.29) is 17.4 Å². The zero-order chi connectivity index (χ0) is 17.1. The minimum atomic E-state index is -0.350. The number of anilines is 1. The van der Waals surface area contributed by atoms with Gasteiger partial charge in [0.25, 0.3) is 0 Å². The average Bonchev–Trinajstić information content (AvgIpc) is 2.97. The second-order valence-electron chi connectivity index (χ2n) is 5.40. The topological polar surface area (TPSA) is 86.9 Å². The Morgan fingerprint density at radius 1 is 1.17 bits per heavy atom. The summed E-state index contributed by atoms with van der Waals surface area (Å²) in [5.74, 6) is -0.340. The van der Waals surface area contributed by atoms with Crippen molar-refractivity contribution >= 4 is 11.6 Å². The van der Waals surface area contributed by atoms with E-state index < -0.39 is 0 Å². The Labute approximate surface area is 138 Å². The molecule has 6 heteroatoms. The molecular weight excluding hydrogens is 307 g/mol. The number of halogens is 1. The largest absolute Gasteiger partial charge is 0.383 e. The van der Waals surface area contributed by atoms with E-state index >= 15 is 0 Å². The average molecular weight is 324 g/mol. The first kappa shape index (κ1) is 15.9. The smallest absolute Gasteiger partial charge is 0.198 e. The second-order valence-corrected chi connectivity index (χ2v) is 5.40. The number of carbonyl (C=O) groups is 1. The zero-order valence-corrected chi connectivity index (χ0v) is 12.9.